The Kier molecular flexibility index (Phi) is 5.45. The maximum atomic E-state index is 5.63. The fraction of sp³-hybridized carbons (Fsp3) is 0.714. The summed E-state index contributed by atoms with van der Waals surface area (Å²) in [5.74, 6) is 1.04. The predicted molar refractivity (Wildman–Crippen MR) is 81.8 cm³/mol. The van der Waals surface area contributed by atoms with Crippen LogP contribution in [0.3, 0.4) is 0 Å². The molecule has 106 valence electrons. The standard InChI is InChI=1S/C14H24N4S/c1-10-12(8-5-9-15)13(18-14(16-10)19-2)17-11-6-3-4-7-11/h11H,3-9,15H2,1-2H3,(H,16,17,18). The number of nitrogens with two attached hydrogens (primary N) is 1. The molecule has 3 N–H and O–H groups in total. The van der Waals surface area contributed by atoms with Gasteiger partial charge in [0.25, 0.3) is 0 Å². The molecule has 0 saturated heterocycles. The number of nitrogens with one attached hydrogen (secondary N) is 1. The molecule has 0 radical (unpaired) electrons. The second-order valence-corrected chi connectivity index (χ2v) is 5.91. The Hall–Kier alpha value is -0.810. The van der Waals surface area contributed by atoms with Gasteiger partial charge in [0, 0.05) is 17.3 Å². The SMILES string of the molecule is CSc1nc(C)c(CCCN)c(NC2CCCC2)n1. The number of hydrogen-bond donors (Lipinski definition) is 2. The number of aromatic nitrogens is 2. The Morgan fingerprint density at radius 1 is 1.32 bits per heavy atom. The van der Waals surface area contributed by atoms with Gasteiger partial charge in [0.1, 0.15) is 5.82 Å². The lowest BCUT2D eigenvalue weighted by molar-refractivity contribution is 0.732. The van der Waals surface area contributed by atoms with Crippen molar-refractivity contribution in [2.24, 2.45) is 5.73 Å². The van der Waals surface area contributed by atoms with Gasteiger partial charge in [-0.3, -0.25) is 0 Å². The molecule has 4 nitrogen and oxygen atoms in total. The van der Waals surface area contributed by atoms with Crippen molar-refractivity contribution in [2.75, 3.05) is 18.1 Å². The summed E-state index contributed by atoms with van der Waals surface area (Å²) >= 11 is 1.60. The van der Waals surface area contributed by atoms with Crippen molar-refractivity contribution in [1.82, 2.24) is 9.97 Å². The Balaban J connectivity index is 2.22. The third kappa shape index (κ3) is 3.83. The van der Waals surface area contributed by atoms with Gasteiger partial charge in [-0.05, 0) is 45.4 Å². The smallest absolute Gasteiger partial charge is 0.189 e. The predicted octanol–water partition coefficient (Wildman–Crippen LogP) is 2.75. The molecule has 1 fully saturated rings. The Morgan fingerprint density at radius 3 is 2.68 bits per heavy atom. The van der Waals surface area contributed by atoms with Gasteiger partial charge in [0.2, 0.25) is 0 Å². The van der Waals surface area contributed by atoms with Crippen LogP contribution in [-0.4, -0.2) is 28.8 Å². The van der Waals surface area contributed by atoms with Crippen LogP contribution in [0.5, 0.6) is 0 Å². The van der Waals surface area contributed by atoms with Gasteiger partial charge in [-0.15, -0.1) is 0 Å². The monoisotopic (exact) mass is 280 g/mol. The summed E-state index contributed by atoms with van der Waals surface area (Å²) in [4.78, 5) is 9.22. The van der Waals surface area contributed by atoms with E-state index in [0.717, 1.165) is 29.5 Å². The van der Waals surface area contributed by atoms with E-state index < -0.39 is 0 Å². The van der Waals surface area contributed by atoms with Crippen molar-refractivity contribution in [1.29, 1.82) is 0 Å². The van der Waals surface area contributed by atoms with Crippen LogP contribution in [0, 0.1) is 6.92 Å². The molecule has 0 unspecified atom stereocenters. The first kappa shape index (κ1) is 14.6. The van der Waals surface area contributed by atoms with Crippen LogP contribution in [0.2, 0.25) is 0 Å². The molecular formula is C14H24N4S. The Bertz CT molecular complexity index is 416. The van der Waals surface area contributed by atoms with E-state index in [1.807, 2.05) is 6.26 Å². The molecule has 5 heteroatoms. The van der Waals surface area contributed by atoms with Gasteiger partial charge >= 0.3 is 0 Å². The first-order valence-electron chi connectivity index (χ1n) is 7.12. The minimum absolute atomic E-state index is 0.584. The topological polar surface area (TPSA) is 63.8 Å². The first-order chi connectivity index (χ1) is 9.24. The summed E-state index contributed by atoms with van der Waals surface area (Å²) in [6, 6.07) is 0.584. The minimum atomic E-state index is 0.584. The molecule has 0 spiro atoms. The summed E-state index contributed by atoms with van der Waals surface area (Å²) < 4.78 is 0. The molecule has 2 rings (SSSR count). The molecule has 1 aromatic heterocycles. The third-order valence-corrected chi connectivity index (χ3v) is 4.25. The van der Waals surface area contributed by atoms with Gasteiger partial charge in [0.15, 0.2) is 5.16 Å². The number of hydrogen-bond acceptors (Lipinski definition) is 5. The number of aryl methyl sites for hydroxylation is 1. The lowest BCUT2D eigenvalue weighted by Gasteiger charge is -2.18. The average molecular weight is 280 g/mol. The van der Waals surface area contributed by atoms with E-state index in [1.54, 1.807) is 11.8 Å². The number of thioether (sulfide) groups is 1. The quantitative estimate of drug-likeness (QED) is 0.619. The van der Waals surface area contributed by atoms with Crippen molar-refractivity contribution in [3.63, 3.8) is 0 Å². The zero-order valence-electron chi connectivity index (χ0n) is 11.9. The van der Waals surface area contributed by atoms with Crippen LogP contribution in [-0.2, 0) is 6.42 Å². The molecule has 0 aliphatic heterocycles. The Labute approximate surface area is 120 Å². The number of anilines is 1. The second kappa shape index (κ2) is 7.10. The lowest BCUT2D eigenvalue weighted by Crippen LogP contribution is -2.18. The van der Waals surface area contributed by atoms with E-state index in [0.29, 0.717) is 12.6 Å². The molecule has 1 saturated carbocycles. The normalized spacial score (nSPS) is 15.9. The lowest BCUT2D eigenvalue weighted by atomic mass is 10.1. The second-order valence-electron chi connectivity index (χ2n) is 5.14. The summed E-state index contributed by atoms with van der Waals surface area (Å²) in [6.45, 7) is 2.79. The van der Waals surface area contributed by atoms with Crippen molar-refractivity contribution < 1.29 is 0 Å². The molecule has 1 aliphatic carbocycles. The van der Waals surface area contributed by atoms with E-state index in [4.69, 9.17) is 5.73 Å². The highest BCUT2D eigenvalue weighted by Gasteiger charge is 2.18. The maximum absolute atomic E-state index is 5.63. The number of rotatable bonds is 6. The fourth-order valence-electron chi connectivity index (χ4n) is 2.62. The van der Waals surface area contributed by atoms with E-state index >= 15 is 0 Å². The van der Waals surface area contributed by atoms with Gasteiger partial charge < -0.3 is 11.1 Å². The van der Waals surface area contributed by atoms with Crippen molar-refractivity contribution >= 4 is 17.6 Å². The summed E-state index contributed by atoms with van der Waals surface area (Å²) in [5, 5.41) is 4.48. The van der Waals surface area contributed by atoms with Crippen LogP contribution in [0.1, 0.15) is 43.4 Å². The van der Waals surface area contributed by atoms with Gasteiger partial charge in [-0.2, -0.15) is 0 Å². The van der Waals surface area contributed by atoms with Crippen molar-refractivity contribution in [3.05, 3.63) is 11.3 Å². The molecule has 0 aromatic carbocycles. The summed E-state index contributed by atoms with van der Waals surface area (Å²) in [5.41, 5.74) is 7.97. The van der Waals surface area contributed by atoms with Gasteiger partial charge in [-0.25, -0.2) is 9.97 Å². The largest absolute Gasteiger partial charge is 0.367 e. The highest BCUT2D eigenvalue weighted by Crippen LogP contribution is 2.26. The first-order valence-corrected chi connectivity index (χ1v) is 8.35. The molecule has 0 atom stereocenters. The van der Waals surface area contributed by atoms with E-state index in [2.05, 4.69) is 22.2 Å². The summed E-state index contributed by atoms with van der Waals surface area (Å²) in [7, 11) is 0. The molecule has 0 bridgehead atoms. The Morgan fingerprint density at radius 2 is 2.05 bits per heavy atom. The van der Waals surface area contributed by atoms with Crippen LogP contribution in [0.25, 0.3) is 0 Å². The molecular weight excluding hydrogens is 256 g/mol. The molecule has 1 aliphatic rings. The van der Waals surface area contributed by atoms with Crippen LogP contribution >= 0.6 is 11.8 Å². The fourth-order valence-corrected chi connectivity index (χ4v) is 3.03. The van der Waals surface area contributed by atoms with Crippen molar-refractivity contribution in [2.45, 2.75) is 56.6 Å². The van der Waals surface area contributed by atoms with Gasteiger partial charge in [-0.1, -0.05) is 24.6 Å². The van der Waals surface area contributed by atoms with Crippen molar-refractivity contribution in [3.8, 4) is 0 Å². The minimum Gasteiger partial charge on any atom is -0.367 e. The molecule has 1 heterocycles. The molecule has 19 heavy (non-hydrogen) atoms. The molecule has 1 aromatic rings. The van der Waals surface area contributed by atoms with Crippen LogP contribution < -0.4 is 11.1 Å². The van der Waals surface area contributed by atoms with Gasteiger partial charge in [0.05, 0.1) is 0 Å². The zero-order valence-corrected chi connectivity index (χ0v) is 12.7. The highest BCUT2D eigenvalue weighted by atomic mass is 32.2. The van der Waals surface area contributed by atoms with Crippen LogP contribution in [0.4, 0.5) is 5.82 Å². The summed E-state index contributed by atoms with van der Waals surface area (Å²) in [6.07, 6.45) is 9.15. The van der Waals surface area contributed by atoms with Crippen LogP contribution in [0.15, 0.2) is 5.16 Å². The zero-order chi connectivity index (χ0) is 13.7. The third-order valence-electron chi connectivity index (χ3n) is 3.70. The average Bonchev–Trinajstić information content (AvgIpc) is 2.90. The maximum Gasteiger partial charge on any atom is 0.189 e. The molecule has 0 amide bonds. The van der Waals surface area contributed by atoms with E-state index in [-0.39, 0.29) is 0 Å². The van der Waals surface area contributed by atoms with E-state index in [1.165, 1.54) is 31.2 Å². The highest BCUT2D eigenvalue weighted by molar-refractivity contribution is 7.98. The van der Waals surface area contributed by atoms with E-state index in [9.17, 15) is 0 Å². The number of nitrogens with zero attached hydrogens (tertiary/aromatic N) is 2.